The molecule has 5 nitrogen and oxygen atoms in total. The van der Waals surface area contributed by atoms with Gasteiger partial charge in [0.1, 0.15) is 11.6 Å². The Morgan fingerprint density at radius 2 is 2.20 bits per heavy atom. The summed E-state index contributed by atoms with van der Waals surface area (Å²) in [6.07, 6.45) is 2.75. The van der Waals surface area contributed by atoms with Crippen LogP contribution in [0.15, 0.2) is 34.9 Å². The maximum absolute atomic E-state index is 13.1. The van der Waals surface area contributed by atoms with Crippen LogP contribution in [0.1, 0.15) is 36.3 Å². The maximum Gasteiger partial charge on any atom is 0.226 e. The molecule has 2 atom stereocenters. The lowest BCUT2D eigenvalue weighted by Crippen LogP contribution is -2.44. The summed E-state index contributed by atoms with van der Waals surface area (Å²) >= 11 is 0. The molecule has 2 N–H and O–H groups in total. The minimum absolute atomic E-state index is 0.147. The van der Waals surface area contributed by atoms with Crippen molar-refractivity contribution >= 4 is 5.91 Å². The van der Waals surface area contributed by atoms with Gasteiger partial charge in [-0.3, -0.25) is 4.79 Å². The molecule has 1 aromatic heterocycles. The third-order valence-corrected chi connectivity index (χ3v) is 4.98. The van der Waals surface area contributed by atoms with E-state index in [1.807, 2.05) is 0 Å². The fourth-order valence-electron chi connectivity index (χ4n) is 3.61. The molecule has 1 amide bonds. The molecular formula is C19H23FN2O3. The van der Waals surface area contributed by atoms with Crippen LogP contribution in [-0.4, -0.2) is 28.8 Å². The van der Waals surface area contributed by atoms with Gasteiger partial charge in [-0.15, -0.1) is 0 Å². The molecule has 1 aliphatic rings. The lowest BCUT2D eigenvalue weighted by Gasteiger charge is -2.33. The highest BCUT2D eigenvalue weighted by Crippen LogP contribution is 2.40. The fraction of sp³-hybridized carbons (Fsp3) is 0.474. The Bertz CT molecular complexity index is 729. The normalized spacial score (nSPS) is 22.9. The van der Waals surface area contributed by atoms with Crippen LogP contribution in [0.2, 0.25) is 0 Å². The second-order valence-electron chi connectivity index (χ2n) is 6.96. The molecule has 25 heavy (non-hydrogen) atoms. The third kappa shape index (κ3) is 4.25. The zero-order valence-corrected chi connectivity index (χ0v) is 14.3. The molecule has 1 fully saturated rings. The van der Waals surface area contributed by atoms with E-state index in [0.717, 1.165) is 24.8 Å². The van der Waals surface area contributed by atoms with E-state index in [0.29, 0.717) is 24.4 Å². The lowest BCUT2D eigenvalue weighted by atomic mass is 9.78. The summed E-state index contributed by atoms with van der Waals surface area (Å²) < 4.78 is 18.1. The Balaban J connectivity index is 1.64. The number of amides is 1. The van der Waals surface area contributed by atoms with Crippen LogP contribution in [-0.2, 0) is 17.6 Å². The third-order valence-electron chi connectivity index (χ3n) is 4.98. The molecule has 3 rings (SSSR count). The Hall–Kier alpha value is -2.21. The monoisotopic (exact) mass is 346 g/mol. The van der Waals surface area contributed by atoms with E-state index in [1.54, 1.807) is 25.1 Å². The van der Waals surface area contributed by atoms with Gasteiger partial charge in [0.25, 0.3) is 0 Å². The molecule has 6 heteroatoms. The van der Waals surface area contributed by atoms with Crippen molar-refractivity contribution < 1.29 is 18.8 Å². The maximum atomic E-state index is 13.1. The van der Waals surface area contributed by atoms with E-state index >= 15 is 0 Å². The van der Waals surface area contributed by atoms with E-state index in [1.165, 1.54) is 12.1 Å². The van der Waals surface area contributed by atoms with Crippen LogP contribution >= 0.6 is 0 Å². The molecule has 1 aromatic carbocycles. The summed E-state index contributed by atoms with van der Waals surface area (Å²) in [6, 6.07) is 8.06. The highest BCUT2D eigenvalue weighted by molar-refractivity contribution is 5.78. The van der Waals surface area contributed by atoms with Gasteiger partial charge >= 0.3 is 0 Å². The number of aromatic nitrogens is 1. The van der Waals surface area contributed by atoms with Gasteiger partial charge in [-0.25, -0.2) is 4.39 Å². The van der Waals surface area contributed by atoms with Crippen LogP contribution in [0.25, 0.3) is 0 Å². The molecule has 1 aliphatic carbocycles. The van der Waals surface area contributed by atoms with Crippen molar-refractivity contribution in [1.29, 1.82) is 0 Å². The van der Waals surface area contributed by atoms with E-state index in [4.69, 9.17) is 4.52 Å². The first kappa shape index (κ1) is 17.6. The first-order chi connectivity index (χ1) is 12.0. The van der Waals surface area contributed by atoms with E-state index in [-0.39, 0.29) is 18.1 Å². The summed E-state index contributed by atoms with van der Waals surface area (Å²) in [4.78, 5) is 12.2. The van der Waals surface area contributed by atoms with Crippen molar-refractivity contribution in [3.05, 3.63) is 53.2 Å². The van der Waals surface area contributed by atoms with Crippen molar-refractivity contribution in [2.45, 2.75) is 45.1 Å². The summed E-state index contributed by atoms with van der Waals surface area (Å²) in [5.41, 5.74) is 1.14. The van der Waals surface area contributed by atoms with Crippen LogP contribution in [0, 0.1) is 18.2 Å². The van der Waals surface area contributed by atoms with Gasteiger partial charge in [-0.05, 0) is 43.9 Å². The summed E-state index contributed by atoms with van der Waals surface area (Å²) in [7, 11) is 0. The zero-order valence-electron chi connectivity index (χ0n) is 14.3. The Morgan fingerprint density at radius 3 is 2.80 bits per heavy atom. The highest BCUT2D eigenvalue weighted by Gasteiger charge is 2.42. The summed E-state index contributed by atoms with van der Waals surface area (Å²) in [6.45, 7) is 2.17. The Labute approximate surface area is 146 Å². The molecular weight excluding hydrogens is 323 g/mol. The standard InChI is InChI=1S/C19H23FN2O3/c1-13-9-16(22-25-13)10-18(24)21-12-19(8-2-3-17(19)23)11-14-4-6-15(20)7-5-14/h4-7,9,17,23H,2-3,8,10-12H2,1H3,(H,21,24)/t17-,19+/m1/s1. The minimum Gasteiger partial charge on any atom is -0.392 e. The number of hydrogen-bond donors (Lipinski definition) is 2. The van der Waals surface area contributed by atoms with Gasteiger partial charge in [0, 0.05) is 18.0 Å². The molecule has 0 radical (unpaired) electrons. The average Bonchev–Trinajstić information content (AvgIpc) is 3.14. The number of hydrogen-bond acceptors (Lipinski definition) is 4. The van der Waals surface area contributed by atoms with Gasteiger partial charge in [0.2, 0.25) is 5.91 Å². The quantitative estimate of drug-likeness (QED) is 0.843. The number of aliphatic hydroxyl groups excluding tert-OH is 1. The topological polar surface area (TPSA) is 75.4 Å². The number of halogens is 1. The number of nitrogens with zero attached hydrogens (tertiary/aromatic N) is 1. The molecule has 0 saturated heterocycles. The zero-order chi connectivity index (χ0) is 17.9. The van der Waals surface area contributed by atoms with Crippen molar-refractivity contribution in [2.24, 2.45) is 5.41 Å². The molecule has 0 bridgehead atoms. The molecule has 1 heterocycles. The van der Waals surface area contributed by atoms with E-state index < -0.39 is 11.5 Å². The van der Waals surface area contributed by atoms with Gasteiger partial charge < -0.3 is 14.9 Å². The second kappa shape index (κ2) is 7.35. The highest BCUT2D eigenvalue weighted by atomic mass is 19.1. The van der Waals surface area contributed by atoms with E-state index in [2.05, 4.69) is 10.5 Å². The smallest absolute Gasteiger partial charge is 0.226 e. The number of aliphatic hydroxyl groups is 1. The minimum atomic E-state index is -0.479. The van der Waals surface area contributed by atoms with Crippen LogP contribution < -0.4 is 5.32 Å². The van der Waals surface area contributed by atoms with E-state index in [9.17, 15) is 14.3 Å². The molecule has 2 aromatic rings. The predicted molar refractivity (Wildman–Crippen MR) is 90.3 cm³/mol. The predicted octanol–water partition coefficient (Wildman–Crippen LogP) is 2.55. The number of nitrogens with one attached hydrogen (secondary N) is 1. The molecule has 134 valence electrons. The Kier molecular flexibility index (Phi) is 5.18. The molecule has 0 unspecified atom stereocenters. The second-order valence-corrected chi connectivity index (χ2v) is 6.96. The Morgan fingerprint density at radius 1 is 1.44 bits per heavy atom. The fourth-order valence-corrected chi connectivity index (χ4v) is 3.61. The van der Waals surface area contributed by atoms with Gasteiger partial charge in [-0.2, -0.15) is 0 Å². The van der Waals surface area contributed by atoms with Crippen molar-refractivity contribution in [2.75, 3.05) is 6.54 Å². The van der Waals surface area contributed by atoms with Gasteiger partial charge in [-0.1, -0.05) is 23.7 Å². The number of aryl methyl sites for hydroxylation is 1. The van der Waals surface area contributed by atoms with Gasteiger partial charge in [0.15, 0.2) is 0 Å². The van der Waals surface area contributed by atoms with Crippen molar-refractivity contribution in [3.63, 3.8) is 0 Å². The average molecular weight is 346 g/mol. The largest absolute Gasteiger partial charge is 0.392 e. The number of carbonyl (C=O) groups excluding carboxylic acids is 1. The molecule has 0 spiro atoms. The number of rotatable bonds is 6. The van der Waals surface area contributed by atoms with Crippen LogP contribution in [0.4, 0.5) is 4.39 Å². The lowest BCUT2D eigenvalue weighted by molar-refractivity contribution is -0.121. The van der Waals surface area contributed by atoms with Crippen LogP contribution in [0.5, 0.6) is 0 Å². The summed E-state index contributed by atoms with van der Waals surface area (Å²) in [5.74, 6) is 0.244. The summed E-state index contributed by atoms with van der Waals surface area (Å²) in [5, 5.41) is 17.3. The molecule has 0 aliphatic heterocycles. The first-order valence-corrected chi connectivity index (χ1v) is 8.58. The van der Waals surface area contributed by atoms with Gasteiger partial charge in [0.05, 0.1) is 18.2 Å². The first-order valence-electron chi connectivity index (χ1n) is 8.58. The van der Waals surface area contributed by atoms with Crippen LogP contribution in [0.3, 0.4) is 0 Å². The SMILES string of the molecule is Cc1cc(CC(=O)NC[C@@]2(Cc3ccc(F)cc3)CCC[C@H]2O)no1. The molecule has 1 saturated carbocycles. The number of benzene rings is 1. The van der Waals surface area contributed by atoms with Crippen molar-refractivity contribution in [1.82, 2.24) is 10.5 Å². The van der Waals surface area contributed by atoms with Crippen molar-refractivity contribution in [3.8, 4) is 0 Å². The number of carbonyl (C=O) groups is 1.